The maximum atomic E-state index is 14.8. The summed E-state index contributed by atoms with van der Waals surface area (Å²) in [7, 11) is -3.05. The Morgan fingerprint density at radius 3 is 2.51 bits per heavy atom. The third-order valence-corrected chi connectivity index (χ3v) is 7.88. The van der Waals surface area contributed by atoms with Gasteiger partial charge in [0.25, 0.3) is 5.91 Å². The molecular weight excluding hydrogens is 479 g/mol. The lowest BCUT2D eigenvalue weighted by molar-refractivity contribution is -0.125. The van der Waals surface area contributed by atoms with Gasteiger partial charge in [-0.25, -0.2) is 12.8 Å². The molecule has 4 N–H and O–H groups in total. The molecule has 1 aliphatic rings. The Kier molecular flexibility index (Phi) is 8.17. The molecule has 0 saturated carbocycles. The van der Waals surface area contributed by atoms with E-state index in [-0.39, 0.29) is 47.1 Å². The number of fused-ring (bicyclic) bond motifs is 1. The highest BCUT2D eigenvalue weighted by atomic mass is 32.2. The normalized spacial score (nSPS) is 18.2. The number of hydrogen-bond donors (Lipinski definition) is 4. The van der Waals surface area contributed by atoms with Crippen molar-refractivity contribution in [2.75, 3.05) is 24.7 Å². The number of hydrogen-bond acceptors (Lipinski definition) is 7. The van der Waals surface area contributed by atoms with Crippen molar-refractivity contribution in [3.05, 3.63) is 29.7 Å². The van der Waals surface area contributed by atoms with Gasteiger partial charge in [0.2, 0.25) is 5.91 Å². The molecule has 0 radical (unpaired) electrons. The fraction of sp³-hybridized carbons (Fsp3) is 0.609. The van der Waals surface area contributed by atoms with Crippen LogP contribution in [0.15, 0.2) is 18.2 Å². The molecule has 194 valence electrons. The molecule has 2 amide bonds. The maximum absolute atomic E-state index is 14.8. The molecule has 1 aromatic carbocycles. The van der Waals surface area contributed by atoms with E-state index in [1.165, 1.54) is 16.8 Å². The van der Waals surface area contributed by atoms with Crippen LogP contribution in [0.3, 0.4) is 0 Å². The zero-order valence-electron chi connectivity index (χ0n) is 20.1. The fourth-order valence-corrected chi connectivity index (χ4v) is 5.71. The lowest BCUT2D eigenvalue weighted by atomic mass is 9.86. The summed E-state index contributed by atoms with van der Waals surface area (Å²) >= 11 is 0. The van der Waals surface area contributed by atoms with E-state index in [1.54, 1.807) is 26.8 Å². The molecule has 0 spiro atoms. The maximum Gasteiger partial charge on any atom is 0.273 e. The van der Waals surface area contributed by atoms with Gasteiger partial charge in [-0.2, -0.15) is 5.10 Å². The van der Waals surface area contributed by atoms with Gasteiger partial charge in [-0.15, -0.1) is 0 Å². The summed E-state index contributed by atoms with van der Waals surface area (Å²) in [6.45, 7) is 4.84. The molecule has 0 bridgehead atoms. The van der Waals surface area contributed by atoms with Crippen molar-refractivity contribution in [1.29, 1.82) is 0 Å². The van der Waals surface area contributed by atoms with Gasteiger partial charge in [0.15, 0.2) is 5.69 Å². The van der Waals surface area contributed by atoms with E-state index in [1.807, 2.05) is 0 Å². The SMILES string of the molecule is CC(C)(C)[C@H](NC(=O)c1nn(CC2CCS(=O)(=O)CC2)c2c(F)cccc12)C(=O)NC[C@@H](O)CO. The largest absolute Gasteiger partial charge is 0.394 e. The molecule has 2 heterocycles. The molecular formula is C23H33FN4O6S. The third-order valence-electron chi connectivity index (χ3n) is 6.17. The molecule has 10 nitrogen and oxygen atoms in total. The van der Waals surface area contributed by atoms with E-state index in [2.05, 4.69) is 15.7 Å². The van der Waals surface area contributed by atoms with Crippen LogP contribution in [-0.2, 0) is 21.2 Å². The zero-order chi connectivity index (χ0) is 26.0. The van der Waals surface area contributed by atoms with Crippen LogP contribution in [0.2, 0.25) is 0 Å². The summed E-state index contributed by atoms with van der Waals surface area (Å²) in [4.78, 5) is 26.0. The van der Waals surface area contributed by atoms with Gasteiger partial charge in [-0.1, -0.05) is 32.9 Å². The number of carbonyl (C=O) groups is 2. The Balaban J connectivity index is 1.87. The number of benzene rings is 1. The van der Waals surface area contributed by atoms with Crippen molar-refractivity contribution in [3.63, 3.8) is 0 Å². The number of para-hydroxylation sites is 1. The van der Waals surface area contributed by atoms with E-state index < -0.39 is 51.6 Å². The second-order valence-corrected chi connectivity index (χ2v) is 12.4. The first-order valence-corrected chi connectivity index (χ1v) is 13.4. The van der Waals surface area contributed by atoms with Gasteiger partial charge in [0.05, 0.1) is 24.2 Å². The zero-order valence-corrected chi connectivity index (χ0v) is 20.9. The summed E-state index contributed by atoms with van der Waals surface area (Å²) in [5.41, 5.74) is -0.601. The van der Waals surface area contributed by atoms with Crippen LogP contribution in [0.4, 0.5) is 4.39 Å². The van der Waals surface area contributed by atoms with Crippen LogP contribution in [0.25, 0.3) is 10.9 Å². The van der Waals surface area contributed by atoms with E-state index in [0.29, 0.717) is 12.8 Å². The predicted molar refractivity (Wildman–Crippen MR) is 128 cm³/mol. The van der Waals surface area contributed by atoms with Crippen molar-refractivity contribution < 1.29 is 32.6 Å². The summed E-state index contributed by atoms with van der Waals surface area (Å²) < 4.78 is 39.7. The van der Waals surface area contributed by atoms with Crippen LogP contribution >= 0.6 is 0 Å². The first-order valence-electron chi connectivity index (χ1n) is 11.6. The molecule has 0 unspecified atom stereocenters. The number of nitrogens with zero attached hydrogens (tertiary/aromatic N) is 2. The monoisotopic (exact) mass is 512 g/mol. The molecule has 1 fully saturated rings. The Hall–Kier alpha value is -2.57. The van der Waals surface area contributed by atoms with Gasteiger partial charge >= 0.3 is 0 Å². The average molecular weight is 513 g/mol. The first-order chi connectivity index (χ1) is 16.3. The molecule has 0 aliphatic carbocycles. The summed E-state index contributed by atoms with van der Waals surface area (Å²) in [6, 6.07) is 3.31. The Bertz CT molecular complexity index is 1180. The smallest absolute Gasteiger partial charge is 0.273 e. The van der Waals surface area contributed by atoms with Gasteiger partial charge in [-0.3, -0.25) is 14.3 Å². The van der Waals surface area contributed by atoms with E-state index >= 15 is 0 Å². The topological polar surface area (TPSA) is 151 Å². The number of carbonyl (C=O) groups excluding carboxylic acids is 2. The molecule has 1 aromatic heterocycles. The number of amides is 2. The Morgan fingerprint density at radius 1 is 1.26 bits per heavy atom. The van der Waals surface area contributed by atoms with E-state index in [9.17, 15) is 27.5 Å². The van der Waals surface area contributed by atoms with Gasteiger partial charge in [0, 0.05) is 18.5 Å². The minimum Gasteiger partial charge on any atom is -0.394 e. The van der Waals surface area contributed by atoms with Crippen molar-refractivity contribution in [3.8, 4) is 0 Å². The standard InChI is InChI=1S/C23H33FN4O6S/c1-23(2,3)20(22(32)25-11-15(30)13-29)26-21(31)18-16-5-4-6-17(24)19(16)28(27-18)12-14-7-9-35(33,34)10-8-14/h4-6,14-15,20,29-30H,7-13H2,1-3H3,(H,25,32)(H,26,31)/t15-,20-/m1/s1. The summed E-state index contributed by atoms with van der Waals surface area (Å²) in [5.74, 6) is -1.65. The van der Waals surface area contributed by atoms with Crippen molar-refractivity contribution in [2.24, 2.45) is 11.3 Å². The minimum absolute atomic E-state index is 0.0248. The number of aliphatic hydroxyl groups excluding tert-OH is 2. The summed E-state index contributed by atoms with van der Waals surface area (Å²) in [6.07, 6.45) is -0.260. The molecule has 2 atom stereocenters. The Morgan fingerprint density at radius 2 is 1.91 bits per heavy atom. The number of aliphatic hydroxyl groups is 2. The lowest BCUT2D eigenvalue weighted by Gasteiger charge is -2.30. The second kappa shape index (κ2) is 10.6. The number of nitrogens with one attached hydrogen (secondary N) is 2. The van der Waals surface area contributed by atoms with E-state index in [4.69, 9.17) is 5.11 Å². The molecule has 1 aliphatic heterocycles. The average Bonchev–Trinajstić information content (AvgIpc) is 3.15. The van der Waals surface area contributed by atoms with Gasteiger partial charge in [0.1, 0.15) is 27.2 Å². The minimum atomic E-state index is -3.05. The van der Waals surface area contributed by atoms with Crippen molar-refractivity contribution >= 4 is 32.6 Å². The molecule has 12 heteroatoms. The highest BCUT2D eigenvalue weighted by Crippen LogP contribution is 2.27. The highest BCUT2D eigenvalue weighted by Gasteiger charge is 2.34. The van der Waals surface area contributed by atoms with E-state index in [0.717, 1.165) is 0 Å². The van der Waals surface area contributed by atoms with Crippen molar-refractivity contribution in [2.45, 2.75) is 52.3 Å². The van der Waals surface area contributed by atoms with Gasteiger partial charge < -0.3 is 20.8 Å². The number of sulfone groups is 1. The van der Waals surface area contributed by atoms with Gasteiger partial charge in [-0.05, 0) is 30.2 Å². The van der Waals surface area contributed by atoms with Crippen molar-refractivity contribution in [1.82, 2.24) is 20.4 Å². The van der Waals surface area contributed by atoms with Crippen LogP contribution in [0.5, 0.6) is 0 Å². The number of aromatic nitrogens is 2. The Labute approximate surface area is 203 Å². The fourth-order valence-electron chi connectivity index (χ4n) is 4.12. The van der Waals surface area contributed by atoms with Crippen LogP contribution in [0, 0.1) is 17.2 Å². The second-order valence-electron chi connectivity index (χ2n) is 10.1. The molecule has 1 saturated heterocycles. The predicted octanol–water partition coefficient (Wildman–Crippen LogP) is 0.614. The van der Waals surface area contributed by atoms with Crippen LogP contribution in [0.1, 0.15) is 44.1 Å². The van der Waals surface area contributed by atoms with Crippen LogP contribution in [-0.4, -0.2) is 77.0 Å². The number of halogens is 1. The third kappa shape index (κ3) is 6.56. The number of rotatable bonds is 8. The molecule has 3 rings (SSSR count). The summed E-state index contributed by atoms with van der Waals surface area (Å²) in [5, 5.41) is 28.3. The molecule has 35 heavy (non-hydrogen) atoms. The molecule has 2 aromatic rings. The quantitative estimate of drug-likeness (QED) is 0.405. The first kappa shape index (κ1) is 27.0. The van der Waals surface area contributed by atoms with Crippen LogP contribution < -0.4 is 10.6 Å². The highest BCUT2D eigenvalue weighted by molar-refractivity contribution is 7.91. The lowest BCUT2D eigenvalue weighted by Crippen LogP contribution is -2.54.